The molecule has 0 bridgehead atoms. The van der Waals surface area contributed by atoms with Crippen LogP contribution in [0.15, 0.2) is 24.3 Å². The molecule has 0 saturated carbocycles. The van der Waals surface area contributed by atoms with Gasteiger partial charge >= 0.3 is 17.9 Å². The van der Waals surface area contributed by atoms with Gasteiger partial charge in [-0.15, -0.1) is 0 Å². The highest BCUT2D eigenvalue weighted by Gasteiger charge is 2.09. The van der Waals surface area contributed by atoms with E-state index in [-0.39, 0.29) is 12.8 Å². The normalized spacial score (nSPS) is 11.5. The van der Waals surface area contributed by atoms with E-state index in [1.165, 1.54) is 57.4 Å². The number of ether oxygens (including phenoxy) is 1. The van der Waals surface area contributed by atoms with Crippen LogP contribution in [0, 0.1) is 5.92 Å². The average Bonchev–Trinajstić information content (AvgIpc) is 2.60. The van der Waals surface area contributed by atoms with Gasteiger partial charge in [0, 0.05) is 6.08 Å². The van der Waals surface area contributed by atoms with E-state index in [0.29, 0.717) is 0 Å². The minimum Gasteiger partial charge on any atom is -0.481 e. The van der Waals surface area contributed by atoms with E-state index in [2.05, 4.69) is 18.6 Å². The summed E-state index contributed by atoms with van der Waals surface area (Å²) >= 11 is 0. The molecule has 0 aromatic carbocycles. The zero-order valence-corrected chi connectivity index (χ0v) is 17.0. The Morgan fingerprint density at radius 2 is 1.44 bits per heavy atom. The number of rotatable bonds is 16. The van der Waals surface area contributed by atoms with Crippen LogP contribution in [-0.4, -0.2) is 23.0 Å². The van der Waals surface area contributed by atoms with Crippen molar-refractivity contribution in [3.8, 4) is 0 Å². The molecule has 0 radical (unpaired) electrons. The molecular formula is C22H36O5. The number of hydrogen-bond acceptors (Lipinski definition) is 4. The van der Waals surface area contributed by atoms with E-state index in [0.717, 1.165) is 24.8 Å². The lowest BCUT2D eigenvalue weighted by Crippen LogP contribution is -2.11. The lowest BCUT2D eigenvalue weighted by Gasteiger charge is -2.04. The molecule has 0 aromatic rings. The van der Waals surface area contributed by atoms with Gasteiger partial charge < -0.3 is 9.84 Å². The third-order valence-corrected chi connectivity index (χ3v) is 4.14. The number of carbonyl (C=O) groups is 3. The standard InChI is InChI=1S/C22H36O5/c1-19(2)15-13-11-9-7-5-3-4-6-8-10-12-14-16-21(25)27-22(26)18-17-20(23)24/h10,12,14,16,19H,3-9,11,13,15,17-18H2,1-2H3,(H,23,24). The second-order valence-electron chi connectivity index (χ2n) is 7.27. The number of carboxylic acid groups (broad SMARTS) is 1. The molecule has 154 valence electrons. The van der Waals surface area contributed by atoms with Crippen LogP contribution in [0.4, 0.5) is 0 Å². The van der Waals surface area contributed by atoms with Crippen molar-refractivity contribution in [2.24, 2.45) is 5.92 Å². The fourth-order valence-electron chi connectivity index (χ4n) is 2.59. The summed E-state index contributed by atoms with van der Waals surface area (Å²) in [4.78, 5) is 32.8. The lowest BCUT2D eigenvalue weighted by atomic mass is 10.0. The van der Waals surface area contributed by atoms with E-state index in [9.17, 15) is 14.4 Å². The number of carbonyl (C=O) groups excluding carboxylic acids is 2. The minimum atomic E-state index is -1.10. The zero-order valence-electron chi connectivity index (χ0n) is 17.0. The first-order chi connectivity index (χ1) is 12.9. The van der Waals surface area contributed by atoms with Gasteiger partial charge in [-0.1, -0.05) is 83.4 Å². The molecular weight excluding hydrogens is 344 g/mol. The summed E-state index contributed by atoms with van der Waals surface area (Å²) in [5.74, 6) is -1.87. The van der Waals surface area contributed by atoms with Gasteiger partial charge in [0.05, 0.1) is 12.8 Å². The predicted molar refractivity (Wildman–Crippen MR) is 107 cm³/mol. The Hall–Kier alpha value is -1.91. The molecule has 0 fully saturated rings. The van der Waals surface area contributed by atoms with Gasteiger partial charge in [-0.05, 0) is 18.8 Å². The number of unbranched alkanes of at least 4 members (excludes halogenated alkanes) is 8. The van der Waals surface area contributed by atoms with Crippen molar-refractivity contribution in [3.05, 3.63) is 24.3 Å². The Kier molecular flexibility index (Phi) is 16.3. The van der Waals surface area contributed by atoms with Crippen LogP contribution in [0.2, 0.25) is 0 Å². The molecule has 27 heavy (non-hydrogen) atoms. The summed E-state index contributed by atoms with van der Waals surface area (Å²) in [5, 5.41) is 8.43. The number of hydrogen-bond donors (Lipinski definition) is 1. The molecule has 0 aromatic heterocycles. The Morgan fingerprint density at radius 3 is 2.04 bits per heavy atom. The first kappa shape index (κ1) is 25.1. The molecule has 0 spiro atoms. The van der Waals surface area contributed by atoms with Crippen LogP contribution in [-0.2, 0) is 19.1 Å². The van der Waals surface area contributed by atoms with E-state index in [1.807, 2.05) is 6.08 Å². The van der Waals surface area contributed by atoms with E-state index in [4.69, 9.17) is 5.11 Å². The first-order valence-electron chi connectivity index (χ1n) is 10.2. The summed E-state index contributed by atoms with van der Waals surface area (Å²) in [5.41, 5.74) is 0. The Labute approximate surface area is 163 Å². The lowest BCUT2D eigenvalue weighted by molar-refractivity contribution is -0.157. The van der Waals surface area contributed by atoms with Crippen LogP contribution < -0.4 is 0 Å². The number of esters is 2. The molecule has 0 aliphatic carbocycles. The first-order valence-corrected chi connectivity index (χ1v) is 10.2. The van der Waals surface area contributed by atoms with Crippen LogP contribution in [0.25, 0.3) is 0 Å². The molecule has 0 atom stereocenters. The molecule has 0 aliphatic rings. The van der Waals surface area contributed by atoms with Crippen LogP contribution in [0.5, 0.6) is 0 Å². The Morgan fingerprint density at radius 1 is 0.852 bits per heavy atom. The van der Waals surface area contributed by atoms with Gasteiger partial charge in [0.2, 0.25) is 0 Å². The van der Waals surface area contributed by atoms with Gasteiger partial charge in [0.15, 0.2) is 0 Å². The quantitative estimate of drug-likeness (QED) is 0.124. The average molecular weight is 381 g/mol. The monoisotopic (exact) mass is 380 g/mol. The van der Waals surface area contributed by atoms with Crippen molar-refractivity contribution in [1.29, 1.82) is 0 Å². The van der Waals surface area contributed by atoms with Crippen molar-refractivity contribution in [3.63, 3.8) is 0 Å². The summed E-state index contributed by atoms with van der Waals surface area (Å²) in [6.07, 6.45) is 18.5. The maximum Gasteiger partial charge on any atom is 0.338 e. The molecule has 1 N–H and O–H groups in total. The second kappa shape index (κ2) is 17.5. The molecule has 0 heterocycles. The maximum absolute atomic E-state index is 11.3. The van der Waals surface area contributed by atoms with Crippen LogP contribution in [0.1, 0.15) is 90.9 Å². The summed E-state index contributed by atoms with van der Waals surface area (Å²) in [6, 6.07) is 0. The smallest absolute Gasteiger partial charge is 0.338 e. The summed E-state index contributed by atoms with van der Waals surface area (Å²) in [6.45, 7) is 4.56. The molecule has 0 unspecified atom stereocenters. The van der Waals surface area contributed by atoms with Gasteiger partial charge in [0.1, 0.15) is 0 Å². The van der Waals surface area contributed by atoms with E-state index < -0.39 is 17.9 Å². The highest BCUT2D eigenvalue weighted by Crippen LogP contribution is 2.13. The summed E-state index contributed by atoms with van der Waals surface area (Å²) < 4.78 is 4.46. The van der Waals surface area contributed by atoms with Gasteiger partial charge in [-0.3, -0.25) is 9.59 Å². The number of allylic oxidation sites excluding steroid dienone is 3. The predicted octanol–water partition coefficient (Wildman–Crippen LogP) is 5.59. The van der Waals surface area contributed by atoms with Crippen molar-refractivity contribution >= 4 is 17.9 Å². The largest absolute Gasteiger partial charge is 0.481 e. The molecule has 5 nitrogen and oxygen atoms in total. The fraction of sp³-hybridized carbons (Fsp3) is 0.682. The molecule has 0 saturated heterocycles. The second-order valence-corrected chi connectivity index (χ2v) is 7.27. The van der Waals surface area contributed by atoms with Gasteiger partial charge in [-0.25, -0.2) is 4.79 Å². The summed E-state index contributed by atoms with van der Waals surface area (Å²) in [7, 11) is 0. The van der Waals surface area contributed by atoms with Crippen LogP contribution >= 0.6 is 0 Å². The van der Waals surface area contributed by atoms with E-state index >= 15 is 0 Å². The Bertz CT molecular complexity index is 477. The van der Waals surface area contributed by atoms with E-state index in [1.54, 1.807) is 6.08 Å². The minimum absolute atomic E-state index is 0.303. The molecule has 0 rings (SSSR count). The third kappa shape index (κ3) is 20.3. The molecule has 5 heteroatoms. The van der Waals surface area contributed by atoms with Crippen LogP contribution in [0.3, 0.4) is 0 Å². The molecule has 0 amide bonds. The SMILES string of the molecule is CC(C)CCCCCCCCCCC=CC=CC(=O)OC(=O)CCC(=O)O. The molecule has 0 aliphatic heterocycles. The van der Waals surface area contributed by atoms with Crippen molar-refractivity contribution in [2.45, 2.75) is 90.9 Å². The number of carboxylic acids is 1. The topological polar surface area (TPSA) is 80.7 Å². The highest BCUT2D eigenvalue weighted by molar-refractivity contribution is 5.92. The van der Waals surface area contributed by atoms with Gasteiger partial charge in [0.25, 0.3) is 0 Å². The Balaban J connectivity index is 3.50. The fourth-order valence-corrected chi connectivity index (χ4v) is 2.59. The van der Waals surface area contributed by atoms with Gasteiger partial charge in [-0.2, -0.15) is 0 Å². The van der Waals surface area contributed by atoms with Crippen molar-refractivity contribution < 1.29 is 24.2 Å². The van der Waals surface area contributed by atoms with Crippen molar-refractivity contribution in [2.75, 3.05) is 0 Å². The highest BCUT2D eigenvalue weighted by atomic mass is 16.6. The third-order valence-electron chi connectivity index (χ3n) is 4.14. The van der Waals surface area contributed by atoms with Crippen molar-refractivity contribution in [1.82, 2.24) is 0 Å². The number of aliphatic carboxylic acids is 1. The maximum atomic E-state index is 11.3. The zero-order chi connectivity index (χ0) is 20.3.